The zero-order chi connectivity index (χ0) is 15.4. The number of pyridine rings is 2. The third-order valence-corrected chi connectivity index (χ3v) is 4.59. The maximum Gasteiger partial charge on any atom is 0.142 e. The van der Waals surface area contributed by atoms with Gasteiger partial charge in [-0.25, -0.2) is 4.98 Å². The zero-order valence-electron chi connectivity index (χ0n) is 12.7. The van der Waals surface area contributed by atoms with E-state index in [4.69, 9.17) is 4.98 Å². The highest BCUT2D eigenvalue weighted by Gasteiger charge is 2.14. The summed E-state index contributed by atoms with van der Waals surface area (Å²) in [6, 6.07) is 10.3. The standard InChI is InChI=1S/C17H18N4S/c1-13(14-6-5-8-18-10-14)21(2)11-15-12-22-17(20-15)16-7-3-4-9-19-16/h3-10,12-13H,11H2,1-2H3/t13-/m1/s1. The van der Waals surface area contributed by atoms with Crippen molar-refractivity contribution in [1.82, 2.24) is 19.9 Å². The molecule has 5 heteroatoms. The summed E-state index contributed by atoms with van der Waals surface area (Å²) in [6.45, 7) is 2.99. The molecule has 3 rings (SSSR count). The minimum Gasteiger partial charge on any atom is -0.294 e. The van der Waals surface area contributed by atoms with E-state index in [0.717, 1.165) is 22.9 Å². The Bertz CT molecular complexity index is 712. The Kier molecular flexibility index (Phi) is 4.56. The molecule has 1 atom stereocenters. The van der Waals surface area contributed by atoms with Crippen LogP contribution in [0.3, 0.4) is 0 Å². The van der Waals surface area contributed by atoms with Crippen LogP contribution in [0.5, 0.6) is 0 Å². The molecule has 3 aromatic heterocycles. The lowest BCUT2D eigenvalue weighted by Gasteiger charge is -2.23. The van der Waals surface area contributed by atoms with Gasteiger partial charge in [0.2, 0.25) is 0 Å². The van der Waals surface area contributed by atoms with E-state index >= 15 is 0 Å². The van der Waals surface area contributed by atoms with Crippen LogP contribution in [0.1, 0.15) is 24.2 Å². The molecule has 0 aliphatic heterocycles. The van der Waals surface area contributed by atoms with E-state index in [1.54, 1.807) is 23.7 Å². The highest BCUT2D eigenvalue weighted by molar-refractivity contribution is 7.13. The van der Waals surface area contributed by atoms with Gasteiger partial charge in [0.05, 0.1) is 11.4 Å². The van der Waals surface area contributed by atoms with Crippen molar-refractivity contribution < 1.29 is 0 Å². The monoisotopic (exact) mass is 310 g/mol. The minimum absolute atomic E-state index is 0.300. The molecule has 0 aliphatic rings. The number of hydrogen-bond acceptors (Lipinski definition) is 5. The summed E-state index contributed by atoms with van der Waals surface area (Å²) < 4.78 is 0. The van der Waals surface area contributed by atoms with Crippen molar-refractivity contribution in [3.05, 3.63) is 65.6 Å². The van der Waals surface area contributed by atoms with E-state index in [-0.39, 0.29) is 0 Å². The molecule has 4 nitrogen and oxygen atoms in total. The number of hydrogen-bond donors (Lipinski definition) is 0. The molecular weight excluding hydrogens is 292 g/mol. The fraction of sp³-hybridized carbons (Fsp3) is 0.235. The minimum atomic E-state index is 0.300. The second kappa shape index (κ2) is 6.77. The van der Waals surface area contributed by atoms with Gasteiger partial charge in [-0.1, -0.05) is 12.1 Å². The first-order valence-electron chi connectivity index (χ1n) is 7.20. The molecule has 0 N–H and O–H groups in total. The largest absolute Gasteiger partial charge is 0.294 e. The maximum absolute atomic E-state index is 4.70. The smallest absolute Gasteiger partial charge is 0.142 e. The Labute approximate surface area is 134 Å². The van der Waals surface area contributed by atoms with Gasteiger partial charge in [0, 0.05) is 36.6 Å². The molecule has 3 aromatic rings. The Hall–Kier alpha value is -2.11. The van der Waals surface area contributed by atoms with Crippen LogP contribution in [0.2, 0.25) is 0 Å². The molecule has 0 radical (unpaired) electrons. The van der Waals surface area contributed by atoms with E-state index in [1.165, 1.54) is 5.56 Å². The average Bonchev–Trinajstić information content (AvgIpc) is 3.04. The predicted octanol–water partition coefficient (Wildman–Crippen LogP) is 3.79. The van der Waals surface area contributed by atoms with Crippen molar-refractivity contribution in [2.24, 2.45) is 0 Å². The Morgan fingerprint density at radius 1 is 1.18 bits per heavy atom. The third-order valence-electron chi connectivity index (χ3n) is 3.68. The Morgan fingerprint density at radius 2 is 2.09 bits per heavy atom. The van der Waals surface area contributed by atoms with Crippen molar-refractivity contribution >= 4 is 11.3 Å². The van der Waals surface area contributed by atoms with Gasteiger partial charge in [0.15, 0.2) is 0 Å². The van der Waals surface area contributed by atoms with Crippen molar-refractivity contribution in [3.63, 3.8) is 0 Å². The lowest BCUT2D eigenvalue weighted by molar-refractivity contribution is 0.250. The predicted molar refractivity (Wildman–Crippen MR) is 89.5 cm³/mol. The number of aromatic nitrogens is 3. The van der Waals surface area contributed by atoms with E-state index in [9.17, 15) is 0 Å². The number of rotatable bonds is 5. The quantitative estimate of drug-likeness (QED) is 0.719. The lowest BCUT2D eigenvalue weighted by atomic mass is 10.1. The van der Waals surface area contributed by atoms with Gasteiger partial charge < -0.3 is 0 Å². The summed E-state index contributed by atoms with van der Waals surface area (Å²) in [5, 5.41) is 3.08. The average molecular weight is 310 g/mol. The molecule has 0 aromatic carbocycles. The highest BCUT2D eigenvalue weighted by Crippen LogP contribution is 2.24. The second-order valence-corrected chi connectivity index (χ2v) is 6.09. The summed E-state index contributed by atoms with van der Waals surface area (Å²) in [7, 11) is 2.11. The summed E-state index contributed by atoms with van der Waals surface area (Å²) in [5.41, 5.74) is 3.22. The van der Waals surface area contributed by atoms with Crippen molar-refractivity contribution in [3.8, 4) is 10.7 Å². The van der Waals surface area contributed by atoms with Gasteiger partial charge in [-0.15, -0.1) is 11.3 Å². The van der Waals surface area contributed by atoms with Gasteiger partial charge in [0.25, 0.3) is 0 Å². The van der Waals surface area contributed by atoms with Crippen LogP contribution in [-0.2, 0) is 6.54 Å². The number of thiazole rings is 1. The zero-order valence-corrected chi connectivity index (χ0v) is 13.5. The topological polar surface area (TPSA) is 41.9 Å². The van der Waals surface area contributed by atoms with Crippen LogP contribution in [0.4, 0.5) is 0 Å². The molecule has 0 unspecified atom stereocenters. The maximum atomic E-state index is 4.70. The summed E-state index contributed by atoms with van der Waals surface area (Å²) in [5.74, 6) is 0. The van der Waals surface area contributed by atoms with Crippen LogP contribution >= 0.6 is 11.3 Å². The van der Waals surface area contributed by atoms with Crippen LogP contribution in [0.25, 0.3) is 10.7 Å². The molecule has 0 fully saturated rings. The molecule has 0 saturated heterocycles. The molecule has 0 saturated carbocycles. The summed E-state index contributed by atoms with van der Waals surface area (Å²) in [4.78, 5) is 15.5. The lowest BCUT2D eigenvalue weighted by Crippen LogP contribution is -2.22. The Balaban J connectivity index is 1.70. The first kappa shape index (κ1) is 14.8. The molecule has 3 heterocycles. The van der Waals surface area contributed by atoms with Gasteiger partial charge in [-0.05, 0) is 37.7 Å². The van der Waals surface area contributed by atoms with Gasteiger partial charge in [-0.3, -0.25) is 14.9 Å². The van der Waals surface area contributed by atoms with E-state index < -0.39 is 0 Å². The van der Waals surface area contributed by atoms with Crippen LogP contribution < -0.4 is 0 Å². The first-order valence-corrected chi connectivity index (χ1v) is 8.08. The highest BCUT2D eigenvalue weighted by atomic mass is 32.1. The Morgan fingerprint density at radius 3 is 2.82 bits per heavy atom. The molecule has 0 spiro atoms. The second-order valence-electron chi connectivity index (χ2n) is 5.24. The van der Waals surface area contributed by atoms with Crippen molar-refractivity contribution in [2.45, 2.75) is 19.5 Å². The fourth-order valence-electron chi connectivity index (χ4n) is 2.26. The van der Waals surface area contributed by atoms with Gasteiger partial charge >= 0.3 is 0 Å². The van der Waals surface area contributed by atoms with Crippen molar-refractivity contribution in [1.29, 1.82) is 0 Å². The first-order chi connectivity index (χ1) is 10.7. The van der Waals surface area contributed by atoms with Crippen molar-refractivity contribution in [2.75, 3.05) is 7.05 Å². The molecule has 112 valence electrons. The summed E-state index contributed by atoms with van der Waals surface area (Å²) in [6.07, 6.45) is 5.52. The normalized spacial score (nSPS) is 12.5. The molecule has 0 aliphatic carbocycles. The summed E-state index contributed by atoms with van der Waals surface area (Å²) >= 11 is 1.64. The van der Waals surface area contributed by atoms with Crippen LogP contribution in [0.15, 0.2) is 54.3 Å². The van der Waals surface area contributed by atoms with E-state index in [0.29, 0.717) is 6.04 Å². The van der Waals surface area contributed by atoms with Crippen LogP contribution in [-0.4, -0.2) is 26.9 Å². The van der Waals surface area contributed by atoms with Gasteiger partial charge in [0.1, 0.15) is 5.01 Å². The molecular formula is C17H18N4S. The number of nitrogens with zero attached hydrogens (tertiary/aromatic N) is 4. The molecule has 22 heavy (non-hydrogen) atoms. The van der Waals surface area contributed by atoms with E-state index in [1.807, 2.05) is 30.5 Å². The van der Waals surface area contributed by atoms with Gasteiger partial charge in [-0.2, -0.15) is 0 Å². The van der Waals surface area contributed by atoms with E-state index in [2.05, 4.69) is 40.3 Å². The fourth-order valence-corrected chi connectivity index (χ4v) is 3.04. The molecule has 0 amide bonds. The SMILES string of the molecule is C[C@H](c1cccnc1)N(C)Cc1csc(-c2ccccn2)n1. The molecule has 0 bridgehead atoms. The third kappa shape index (κ3) is 3.37. The van der Waals surface area contributed by atoms with Crippen LogP contribution in [0, 0.1) is 0 Å².